The highest BCUT2D eigenvalue weighted by Crippen LogP contribution is 2.30. The quantitative estimate of drug-likeness (QED) is 0.772. The van der Waals surface area contributed by atoms with Crippen molar-refractivity contribution in [3.05, 3.63) is 60.2 Å². The molecular weight excluding hydrogens is 376 g/mol. The molecule has 2 aliphatic rings. The number of amides is 2. The van der Waals surface area contributed by atoms with Gasteiger partial charge in [0, 0.05) is 13.1 Å². The molecule has 0 spiro atoms. The summed E-state index contributed by atoms with van der Waals surface area (Å²) in [5, 5.41) is 3.06. The third kappa shape index (κ3) is 5.21. The van der Waals surface area contributed by atoms with Gasteiger partial charge in [0.25, 0.3) is 0 Å². The van der Waals surface area contributed by atoms with Crippen molar-refractivity contribution in [3.63, 3.8) is 0 Å². The Morgan fingerprint density at radius 1 is 0.933 bits per heavy atom. The molecule has 1 heterocycles. The molecule has 2 amide bonds. The van der Waals surface area contributed by atoms with Gasteiger partial charge in [-0.1, -0.05) is 42.5 Å². The Morgan fingerprint density at radius 3 is 2.47 bits per heavy atom. The van der Waals surface area contributed by atoms with Gasteiger partial charge in [-0.3, -0.25) is 9.59 Å². The van der Waals surface area contributed by atoms with E-state index < -0.39 is 0 Å². The fraction of sp³-hybridized carbons (Fsp3) is 0.440. The molecule has 4 rings (SSSR count). The summed E-state index contributed by atoms with van der Waals surface area (Å²) < 4.78 is 6.14. The average molecular weight is 407 g/mol. The lowest BCUT2D eigenvalue weighted by atomic mass is 9.96. The van der Waals surface area contributed by atoms with E-state index in [-0.39, 0.29) is 23.8 Å². The molecule has 0 bridgehead atoms. The highest BCUT2D eigenvalue weighted by molar-refractivity contribution is 5.94. The maximum Gasteiger partial charge on any atom is 0.229 e. The number of rotatable bonds is 6. The molecule has 158 valence electrons. The van der Waals surface area contributed by atoms with Gasteiger partial charge in [-0.15, -0.1) is 0 Å². The summed E-state index contributed by atoms with van der Waals surface area (Å²) in [6.07, 6.45) is 6.82. The number of carbonyl (C=O) groups excluding carboxylic acids is 2. The molecule has 1 unspecified atom stereocenters. The van der Waals surface area contributed by atoms with Crippen molar-refractivity contribution in [1.29, 1.82) is 0 Å². The predicted molar refractivity (Wildman–Crippen MR) is 117 cm³/mol. The first-order chi connectivity index (χ1) is 14.7. The zero-order valence-corrected chi connectivity index (χ0v) is 17.4. The van der Waals surface area contributed by atoms with Crippen LogP contribution in [0.1, 0.15) is 44.1 Å². The fourth-order valence-electron chi connectivity index (χ4n) is 4.39. The summed E-state index contributed by atoms with van der Waals surface area (Å²) in [5.74, 6) is 0.599. The van der Waals surface area contributed by atoms with Crippen molar-refractivity contribution in [2.24, 2.45) is 5.92 Å². The Kier molecular flexibility index (Phi) is 6.67. The smallest absolute Gasteiger partial charge is 0.229 e. The number of hydrogen-bond donors (Lipinski definition) is 1. The minimum absolute atomic E-state index is 0.0327. The molecule has 1 atom stereocenters. The number of carbonyl (C=O) groups is 2. The Labute approximate surface area is 178 Å². The van der Waals surface area contributed by atoms with Crippen molar-refractivity contribution in [2.45, 2.75) is 51.0 Å². The number of para-hydroxylation sites is 2. The molecule has 2 aromatic carbocycles. The van der Waals surface area contributed by atoms with Crippen LogP contribution < -0.4 is 10.1 Å². The van der Waals surface area contributed by atoms with E-state index in [1.807, 2.05) is 59.5 Å². The van der Waals surface area contributed by atoms with Gasteiger partial charge in [0.05, 0.1) is 24.1 Å². The highest BCUT2D eigenvalue weighted by Gasteiger charge is 2.29. The van der Waals surface area contributed by atoms with Gasteiger partial charge < -0.3 is 15.0 Å². The van der Waals surface area contributed by atoms with Crippen LogP contribution in [-0.2, 0) is 16.0 Å². The van der Waals surface area contributed by atoms with Crippen molar-refractivity contribution < 1.29 is 14.3 Å². The summed E-state index contributed by atoms with van der Waals surface area (Å²) in [5.41, 5.74) is 1.73. The van der Waals surface area contributed by atoms with Crippen molar-refractivity contribution in [3.8, 4) is 5.75 Å². The molecule has 5 heteroatoms. The third-order valence-electron chi connectivity index (χ3n) is 6.08. The number of ether oxygens (including phenoxy) is 1. The molecule has 0 radical (unpaired) electrons. The van der Waals surface area contributed by atoms with Gasteiger partial charge in [-0.05, 0) is 56.2 Å². The maximum atomic E-state index is 13.0. The van der Waals surface area contributed by atoms with Crippen molar-refractivity contribution >= 4 is 17.5 Å². The molecule has 1 saturated carbocycles. The minimum atomic E-state index is -0.196. The first kappa shape index (κ1) is 20.5. The molecule has 1 saturated heterocycles. The van der Waals surface area contributed by atoms with Gasteiger partial charge in [0.15, 0.2) is 0 Å². The van der Waals surface area contributed by atoms with E-state index in [2.05, 4.69) is 5.32 Å². The summed E-state index contributed by atoms with van der Waals surface area (Å²) in [6.45, 7) is 1.19. The van der Waals surface area contributed by atoms with E-state index in [0.29, 0.717) is 13.0 Å². The zero-order chi connectivity index (χ0) is 20.8. The van der Waals surface area contributed by atoms with Crippen LogP contribution in [0.4, 0.5) is 5.69 Å². The van der Waals surface area contributed by atoms with Gasteiger partial charge in [-0.25, -0.2) is 0 Å². The van der Waals surface area contributed by atoms with Gasteiger partial charge >= 0.3 is 0 Å². The second-order valence-corrected chi connectivity index (χ2v) is 8.35. The molecule has 0 aromatic heterocycles. The van der Waals surface area contributed by atoms with Crippen LogP contribution in [0.25, 0.3) is 0 Å². The van der Waals surface area contributed by atoms with Crippen LogP contribution in [0.5, 0.6) is 5.75 Å². The lowest BCUT2D eigenvalue weighted by molar-refractivity contribution is -0.133. The van der Waals surface area contributed by atoms with Crippen LogP contribution in [0.3, 0.4) is 0 Å². The van der Waals surface area contributed by atoms with Crippen LogP contribution in [0, 0.1) is 5.92 Å². The van der Waals surface area contributed by atoms with E-state index in [1.165, 1.54) is 12.8 Å². The molecule has 5 nitrogen and oxygen atoms in total. The Morgan fingerprint density at radius 2 is 1.67 bits per heavy atom. The van der Waals surface area contributed by atoms with Crippen molar-refractivity contribution in [2.75, 3.05) is 18.4 Å². The van der Waals surface area contributed by atoms with Crippen LogP contribution >= 0.6 is 0 Å². The van der Waals surface area contributed by atoms with E-state index in [1.54, 1.807) is 0 Å². The molecule has 1 aliphatic heterocycles. The van der Waals surface area contributed by atoms with Gasteiger partial charge in [-0.2, -0.15) is 0 Å². The minimum Gasteiger partial charge on any atom is -0.488 e. The lowest BCUT2D eigenvalue weighted by Crippen LogP contribution is -2.44. The monoisotopic (exact) mass is 406 g/mol. The topological polar surface area (TPSA) is 58.6 Å². The predicted octanol–water partition coefficient (Wildman–Crippen LogP) is 4.43. The summed E-state index contributed by atoms with van der Waals surface area (Å²) in [6, 6.07) is 17.4. The zero-order valence-electron chi connectivity index (χ0n) is 17.4. The second-order valence-electron chi connectivity index (χ2n) is 8.35. The molecular formula is C25H30N2O3. The SMILES string of the molecule is O=C(Nc1ccccc1OC1CCCC1)C1CCCN(C(=O)Cc2ccccc2)C1. The fourth-order valence-corrected chi connectivity index (χ4v) is 4.39. The summed E-state index contributed by atoms with van der Waals surface area (Å²) >= 11 is 0. The number of hydrogen-bond acceptors (Lipinski definition) is 3. The van der Waals surface area contributed by atoms with E-state index in [0.717, 1.165) is 49.2 Å². The number of likely N-dealkylation sites (tertiary alicyclic amines) is 1. The largest absolute Gasteiger partial charge is 0.488 e. The van der Waals surface area contributed by atoms with E-state index >= 15 is 0 Å². The lowest BCUT2D eigenvalue weighted by Gasteiger charge is -2.32. The first-order valence-electron chi connectivity index (χ1n) is 11.1. The molecule has 1 N–H and O–H groups in total. The first-order valence-corrected chi connectivity index (χ1v) is 11.1. The van der Waals surface area contributed by atoms with E-state index in [9.17, 15) is 9.59 Å². The number of anilines is 1. The standard InChI is InChI=1S/C25H30N2O3/c28-24(17-19-9-2-1-3-10-19)27-16-8-11-20(18-27)25(29)26-22-14-6-7-15-23(22)30-21-12-4-5-13-21/h1-3,6-7,9-10,14-15,20-21H,4-5,8,11-13,16-18H2,(H,26,29). The van der Waals surface area contributed by atoms with Crippen molar-refractivity contribution in [1.82, 2.24) is 4.90 Å². The summed E-state index contributed by atoms with van der Waals surface area (Å²) in [4.78, 5) is 27.5. The third-order valence-corrected chi connectivity index (χ3v) is 6.08. The average Bonchev–Trinajstić information content (AvgIpc) is 3.29. The Hall–Kier alpha value is -2.82. The normalized spacial score (nSPS) is 19.5. The maximum absolute atomic E-state index is 13.0. The van der Waals surface area contributed by atoms with E-state index in [4.69, 9.17) is 4.74 Å². The number of nitrogens with one attached hydrogen (secondary N) is 1. The number of piperidine rings is 1. The molecule has 30 heavy (non-hydrogen) atoms. The van der Waals surface area contributed by atoms with Gasteiger partial charge in [0.1, 0.15) is 5.75 Å². The van der Waals surface area contributed by atoms with Crippen LogP contribution in [0.2, 0.25) is 0 Å². The second kappa shape index (κ2) is 9.79. The number of nitrogens with zero attached hydrogens (tertiary/aromatic N) is 1. The van der Waals surface area contributed by atoms with Crippen LogP contribution in [0.15, 0.2) is 54.6 Å². The Balaban J connectivity index is 1.36. The van der Waals surface area contributed by atoms with Gasteiger partial charge in [0.2, 0.25) is 11.8 Å². The molecule has 2 fully saturated rings. The molecule has 2 aromatic rings. The number of benzene rings is 2. The highest BCUT2D eigenvalue weighted by atomic mass is 16.5. The Bertz CT molecular complexity index is 862. The molecule has 1 aliphatic carbocycles. The summed E-state index contributed by atoms with van der Waals surface area (Å²) in [7, 11) is 0. The van der Waals surface area contributed by atoms with Crippen LogP contribution in [-0.4, -0.2) is 35.9 Å².